The van der Waals surface area contributed by atoms with E-state index in [0.29, 0.717) is 12.4 Å². The van der Waals surface area contributed by atoms with Crippen LogP contribution in [0.15, 0.2) is 42.7 Å². The van der Waals surface area contributed by atoms with Gasteiger partial charge >= 0.3 is 0 Å². The molecule has 2 rings (SSSR count). The van der Waals surface area contributed by atoms with Crippen LogP contribution in [0.25, 0.3) is 0 Å². The van der Waals surface area contributed by atoms with Crippen LogP contribution in [-0.4, -0.2) is 53.3 Å². The van der Waals surface area contributed by atoms with Gasteiger partial charge in [0.25, 0.3) is 0 Å². The second-order valence-electron chi connectivity index (χ2n) is 7.98. The molecule has 2 N–H and O–H groups in total. The van der Waals surface area contributed by atoms with Crippen molar-refractivity contribution in [2.75, 3.05) is 26.8 Å². The lowest BCUT2D eigenvalue weighted by Crippen LogP contribution is -2.47. The molecule has 1 amide bonds. The topological polar surface area (TPSA) is 73.4 Å². The van der Waals surface area contributed by atoms with Crippen molar-refractivity contribution in [3.63, 3.8) is 0 Å². The van der Waals surface area contributed by atoms with Crippen LogP contribution in [0.5, 0.6) is 0 Å². The molecule has 0 saturated heterocycles. The zero-order valence-electron chi connectivity index (χ0n) is 17.1. The van der Waals surface area contributed by atoms with Crippen LogP contribution in [0.3, 0.4) is 0 Å². The number of halogens is 1. The molecule has 1 heterocycles. The van der Waals surface area contributed by atoms with Gasteiger partial charge in [-0.05, 0) is 11.0 Å². The highest BCUT2D eigenvalue weighted by atomic mass is 19.1. The predicted molar refractivity (Wildman–Crippen MR) is 108 cm³/mol. The number of carbonyl (C=O) groups is 1. The first-order valence-electron chi connectivity index (χ1n) is 9.45. The number of hydrogen-bond donors (Lipinski definition) is 1. The average molecular weight is 391 g/mol. The fourth-order valence-corrected chi connectivity index (χ4v) is 3.32. The molecule has 0 radical (unpaired) electrons. The van der Waals surface area contributed by atoms with Crippen molar-refractivity contribution in [2.24, 2.45) is 11.1 Å². The number of nitrogens with two attached hydrogens (primary N) is 1. The Morgan fingerprint density at radius 2 is 2.00 bits per heavy atom. The Morgan fingerprint density at radius 3 is 2.57 bits per heavy atom. The molecular weight excluding hydrogens is 359 g/mol. The SMILES string of the molecule is COCC(=O)N(C[C@H](F)CN)[C@@H](c1nccn1Cc1ccccc1)C(C)(C)C. The molecule has 0 fully saturated rings. The molecule has 0 aliphatic carbocycles. The van der Waals surface area contributed by atoms with Gasteiger partial charge in [-0.25, -0.2) is 9.37 Å². The number of alkyl halides is 1. The number of methoxy groups -OCH3 is 1. The Balaban J connectivity index is 2.44. The number of nitrogens with zero attached hydrogens (tertiary/aromatic N) is 3. The summed E-state index contributed by atoms with van der Waals surface area (Å²) in [5.41, 5.74) is 6.23. The van der Waals surface area contributed by atoms with Crippen LogP contribution in [0.1, 0.15) is 38.2 Å². The maximum Gasteiger partial charge on any atom is 0.249 e. The third-order valence-corrected chi connectivity index (χ3v) is 4.56. The van der Waals surface area contributed by atoms with Gasteiger partial charge in [-0.2, -0.15) is 0 Å². The highest BCUT2D eigenvalue weighted by Crippen LogP contribution is 2.38. The van der Waals surface area contributed by atoms with Gasteiger partial charge in [0.15, 0.2) is 0 Å². The molecule has 154 valence electrons. The minimum atomic E-state index is -1.32. The van der Waals surface area contributed by atoms with Crippen molar-refractivity contribution in [3.05, 3.63) is 54.1 Å². The maximum absolute atomic E-state index is 14.2. The maximum atomic E-state index is 14.2. The summed E-state index contributed by atoms with van der Waals surface area (Å²) < 4.78 is 21.3. The van der Waals surface area contributed by atoms with Gasteiger partial charge in [0, 0.05) is 32.6 Å². The Bertz CT molecular complexity index is 742. The Labute approximate surface area is 166 Å². The molecule has 0 unspecified atom stereocenters. The number of carbonyl (C=O) groups excluding carboxylic acids is 1. The Morgan fingerprint density at radius 1 is 1.32 bits per heavy atom. The number of ether oxygens (including phenoxy) is 1. The Kier molecular flexibility index (Phi) is 7.71. The lowest BCUT2D eigenvalue weighted by molar-refractivity contribution is -0.141. The van der Waals surface area contributed by atoms with E-state index in [2.05, 4.69) is 4.98 Å². The first kappa shape index (κ1) is 22.0. The molecule has 0 saturated carbocycles. The summed E-state index contributed by atoms with van der Waals surface area (Å²) in [7, 11) is 1.45. The van der Waals surface area contributed by atoms with Gasteiger partial charge in [-0.1, -0.05) is 51.1 Å². The monoisotopic (exact) mass is 390 g/mol. The molecule has 2 aromatic rings. The van der Waals surface area contributed by atoms with Crippen molar-refractivity contribution in [2.45, 2.75) is 39.5 Å². The number of imidazole rings is 1. The van der Waals surface area contributed by atoms with Gasteiger partial charge in [0.2, 0.25) is 5.91 Å². The summed E-state index contributed by atoms with van der Waals surface area (Å²) in [4.78, 5) is 18.9. The smallest absolute Gasteiger partial charge is 0.249 e. The third kappa shape index (κ3) is 5.62. The van der Waals surface area contributed by atoms with Crippen LogP contribution in [0.2, 0.25) is 0 Å². The van der Waals surface area contributed by atoms with Crippen molar-refractivity contribution < 1.29 is 13.9 Å². The molecular formula is C21H31FN4O2. The van der Waals surface area contributed by atoms with Gasteiger partial charge in [-0.15, -0.1) is 0 Å². The van der Waals surface area contributed by atoms with Crippen LogP contribution >= 0.6 is 0 Å². The number of hydrogen-bond acceptors (Lipinski definition) is 4. The van der Waals surface area contributed by atoms with E-state index in [0.717, 1.165) is 5.56 Å². The van der Waals surface area contributed by atoms with Crippen LogP contribution in [0, 0.1) is 5.41 Å². The van der Waals surface area contributed by atoms with Gasteiger partial charge in [-0.3, -0.25) is 4.79 Å². The van der Waals surface area contributed by atoms with E-state index in [4.69, 9.17) is 10.5 Å². The summed E-state index contributed by atoms with van der Waals surface area (Å²) in [6.45, 7) is 6.30. The predicted octanol–water partition coefficient (Wildman–Crippen LogP) is 2.79. The molecule has 2 atom stereocenters. The molecule has 28 heavy (non-hydrogen) atoms. The first-order chi connectivity index (χ1) is 13.3. The second-order valence-corrected chi connectivity index (χ2v) is 7.98. The van der Waals surface area contributed by atoms with E-state index in [1.54, 1.807) is 6.20 Å². The molecule has 6 nitrogen and oxygen atoms in total. The highest BCUT2D eigenvalue weighted by Gasteiger charge is 2.38. The number of amides is 1. The van der Waals surface area contributed by atoms with Crippen molar-refractivity contribution >= 4 is 5.91 Å². The van der Waals surface area contributed by atoms with Gasteiger partial charge in [0.05, 0.1) is 12.6 Å². The molecule has 0 aliphatic rings. The standard InChI is InChI=1S/C21H31FN4O2/c1-21(2,3)19(26(14-17(22)12-23)18(27)15-28-4)20-24-10-11-25(20)13-16-8-6-5-7-9-16/h5-11,17,19H,12-15,23H2,1-4H3/t17-,19+/m1/s1. The molecule has 0 aliphatic heterocycles. The Hall–Kier alpha value is -2.25. The van der Waals surface area contributed by atoms with Crippen LogP contribution < -0.4 is 5.73 Å². The molecule has 1 aromatic carbocycles. The minimum Gasteiger partial charge on any atom is -0.375 e. The summed E-state index contributed by atoms with van der Waals surface area (Å²) >= 11 is 0. The van der Waals surface area contributed by atoms with Crippen LogP contribution in [-0.2, 0) is 16.1 Å². The largest absolute Gasteiger partial charge is 0.375 e. The average Bonchev–Trinajstić information content (AvgIpc) is 3.08. The number of rotatable bonds is 9. The number of aromatic nitrogens is 2. The third-order valence-electron chi connectivity index (χ3n) is 4.56. The van der Waals surface area contributed by atoms with Crippen molar-refractivity contribution in [3.8, 4) is 0 Å². The minimum absolute atomic E-state index is 0.0984. The molecule has 7 heteroatoms. The van der Waals surface area contributed by atoms with Gasteiger partial charge in [0.1, 0.15) is 18.6 Å². The van der Waals surface area contributed by atoms with E-state index in [1.165, 1.54) is 12.0 Å². The lowest BCUT2D eigenvalue weighted by Gasteiger charge is -2.40. The lowest BCUT2D eigenvalue weighted by atomic mass is 9.84. The summed E-state index contributed by atoms with van der Waals surface area (Å²) in [5.74, 6) is 0.429. The fourth-order valence-electron chi connectivity index (χ4n) is 3.32. The van der Waals surface area contributed by atoms with E-state index >= 15 is 0 Å². The summed E-state index contributed by atoms with van der Waals surface area (Å²) in [5, 5.41) is 0. The first-order valence-corrected chi connectivity index (χ1v) is 9.45. The zero-order valence-corrected chi connectivity index (χ0v) is 17.1. The summed E-state index contributed by atoms with van der Waals surface area (Å²) in [6.07, 6.45) is 2.28. The highest BCUT2D eigenvalue weighted by molar-refractivity contribution is 5.78. The van der Waals surface area contributed by atoms with Gasteiger partial charge < -0.3 is 19.9 Å². The normalized spacial score (nSPS) is 13.9. The second kappa shape index (κ2) is 9.80. The van der Waals surface area contributed by atoms with E-state index in [-0.39, 0.29) is 31.0 Å². The van der Waals surface area contributed by atoms with Crippen molar-refractivity contribution in [1.29, 1.82) is 0 Å². The quantitative estimate of drug-likeness (QED) is 0.715. The van der Waals surface area contributed by atoms with Crippen LogP contribution in [0.4, 0.5) is 4.39 Å². The van der Waals surface area contributed by atoms with E-state index < -0.39 is 12.2 Å². The molecule has 0 bridgehead atoms. The van der Waals surface area contributed by atoms with Crippen molar-refractivity contribution in [1.82, 2.24) is 14.5 Å². The fraction of sp³-hybridized carbons (Fsp3) is 0.524. The van der Waals surface area contributed by atoms with E-state index in [9.17, 15) is 9.18 Å². The molecule has 1 aromatic heterocycles. The zero-order chi connectivity index (χ0) is 20.7. The van der Waals surface area contributed by atoms with E-state index in [1.807, 2.05) is 61.9 Å². The summed E-state index contributed by atoms with van der Waals surface area (Å²) in [6, 6.07) is 9.58. The number of benzene rings is 1. The molecule has 0 spiro atoms.